The van der Waals surface area contributed by atoms with Gasteiger partial charge in [0.05, 0.1) is 4.92 Å². The molecule has 0 aliphatic rings. The molecule has 1 atom stereocenters. The summed E-state index contributed by atoms with van der Waals surface area (Å²) in [4.78, 5) is 21.1. The molecule has 0 saturated carbocycles. The number of hydrogen-bond donors (Lipinski definition) is 2. The van der Waals surface area contributed by atoms with Crippen LogP contribution >= 0.6 is 0 Å². The Labute approximate surface area is 124 Å². The monoisotopic (exact) mass is 294 g/mol. The van der Waals surface area contributed by atoms with Gasteiger partial charge in [0.25, 0.3) is 5.69 Å². The van der Waals surface area contributed by atoms with Gasteiger partial charge in [-0.1, -0.05) is 19.4 Å². The zero-order valence-corrected chi connectivity index (χ0v) is 12.5. The van der Waals surface area contributed by atoms with E-state index in [9.17, 15) is 14.9 Å². The van der Waals surface area contributed by atoms with Crippen LogP contribution in [0.2, 0.25) is 0 Å². The predicted octanol–water partition coefficient (Wildman–Crippen LogP) is 3.60. The van der Waals surface area contributed by atoms with Gasteiger partial charge >= 0.3 is 5.97 Å². The number of aryl methyl sites for hydroxylation is 1. The molecule has 0 spiro atoms. The number of nitrogens with zero attached hydrogens (tertiary/aromatic N) is 1. The largest absolute Gasteiger partial charge is 0.481 e. The van der Waals surface area contributed by atoms with Crippen molar-refractivity contribution in [1.29, 1.82) is 0 Å². The Kier molecular flexibility index (Phi) is 6.65. The topological polar surface area (TPSA) is 92.5 Å². The molecule has 1 unspecified atom stereocenters. The van der Waals surface area contributed by atoms with Crippen LogP contribution in [0.4, 0.5) is 11.4 Å². The van der Waals surface area contributed by atoms with Gasteiger partial charge in [0, 0.05) is 19.0 Å². The van der Waals surface area contributed by atoms with Crippen LogP contribution in [0.5, 0.6) is 0 Å². The van der Waals surface area contributed by atoms with Crippen LogP contribution in [-0.4, -0.2) is 22.5 Å². The summed E-state index contributed by atoms with van der Waals surface area (Å²) < 4.78 is 0. The SMILES string of the molecule is CCC(CCNc1cc(C)ccc1[N+](=O)[O-])CCC(=O)O. The summed E-state index contributed by atoms with van der Waals surface area (Å²) in [6, 6.07) is 4.97. The van der Waals surface area contributed by atoms with Crippen molar-refractivity contribution in [3.8, 4) is 0 Å². The lowest BCUT2D eigenvalue weighted by atomic mass is 9.96. The quantitative estimate of drug-likeness (QED) is 0.536. The number of carboxylic acid groups (broad SMARTS) is 1. The predicted molar refractivity (Wildman–Crippen MR) is 81.6 cm³/mol. The van der Waals surface area contributed by atoms with Gasteiger partial charge in [0.1, 0.15) is 5.69 Å². The van der Waals surface area contributed by atoms with Gasteiger partial charge in [-0.25, -0.2) is 0 Å². The van der Waals surface area contributed by atoms with Gasteiger partial charge in [-0.2, -0.15) is 0 Å². The number of nitro benzene ring substituents is 1. The number of carboxylic acids is 1. The van der Waals surface area contributed by atoms with Crippen molar-refractivity contribution < 1.29 is 14.8 Å². The summed E-state index contributed by atoms with van der Waals surface area (Å²) in [7, 11) is 0. The zero-order chi connectivity index (χ0) is 15.8. The second-order valence-electron chi connectivity index (χ2n) is 5.20. The van der Waals surface area contributed by atoms with E-state index in [0.29, 0.717) is 24.6 Å². The first kappa shape index (κ1) is 16.9. The van der Waals surface area contributed by atoms with Crippen molar-refractivity contribution >= 4 is 17.3 Å². The van der Waals surface area contributed by atoms with Crippen LogP contribution < -0.4 is 5.32 Å². The van der Waals surface area contributed by atoms with Crippen molar-refractivity contribution in [3.63, 3.8) is 0 Å². The number of carbonyl (C=O) groups is 1. The van der Waals surface area contributed by atoms with Gasteiger partial charge in [0.2, 0.25) is 0 Å². The highest BCUT2D eigenvalue weighted by Crippen LogP contribution is 2.25. The maximum atomic E-state index is 11.0. The molecule has 0 aromatic heterocycles. The number of nitro groups is 1. The highest BCUT2D eigenvalue weighted by atomic mass is 16.6. The number of nitrogens with one attached hydrogen (secondary N) is 1. The molecule has 0 aliphatic carbocycles. The third-order valence-corrected chi connectivity index (χ3v) is 3.56. The number of hydrogen-bond acceptors (Lipinski definition) is 4. The molecule has 1 aromatic carbocycles. The van der Waals surface area contributed by atoms with E-state index in [1.54, 1.807) is 12.1 Å². The first-order chi connectivity index (χ1) is 9.93. The Morgan fingerprint density at radius 2 is 2.14 bits per heavy atom. The van der Waals surface area contributed by atoms with Crippen LogP contribution in [0.1, 0.15) is 38.2 Å². The zero-order valence-electron chi connectivity index (χ0n) is 12.5. The van der Waals surface area contributed by atoms with Crippen LogP contribution in [0.3, 0.4) is 0 Å². The van der Waals surface area contributed by atoms with E-state index >= 15 is 0 Å². The van der Waals surface area contributed by atoms with E-state index < -0.39 is 10.9 Å². The third kappa shape index (κ3) is 5.81. The van der Waals surface area contributed by atoms with Gasteiger partial charge in [-0.15, -0.1) is 0 Å². The van der Waals surface area contributed by atoms with E-state index in [1.165, 1.54) is 6.07 Å². The van der Waals surface area contributed by atoms with Crippen LogP contribution in [0.15, 0.2) is 18.2 Å². The normalized spacial score (nSPS) is 11.9. The second kappa shape index (κ2) is 8.24. The minimum atomic E-state index is -0.782. The summed E-state index contributed by atoms with van der Waals surface area (Å²) >= 11 is 0. The van der Waals surface area contributed by atoms with E-state index in [2.05, 4.69) is 5.32 Å². The Morgan fingerprint density at radius 3 is 2.71 bits per heavy atom. The molecule has 0 saturated heterocycles. The van der Waals surface area contributed by atoms with Crippen molar-refractivity contribution in [2.75, 3.05) is 11.9 Å². The minimum Gasteiger partial charge on any atom is -0.481 e. The lowest BCUT2D eigenvalue weighted by Gasteiger charge is -2.14. The molecular weight excluding hydrogens is 272 g/mol. The number of rotatable bonds is 9. The maximum Gasteiger partial charge on any atom is 0.303 e. The molecule has 21 heavy (non-hydrogen) atoms. The highest BCUT2D eigenvalue weighted by molar-refractivity contribution is 5.66. The van der Waals surface area contributed by atoms with Crippen molar-refractivity contribution in [3.05, 3.63) is 33.9 Å². The molecule has 0 radical (unpaired) electrons. The molecule has 0 fully saturated rings. The molecule has 1 rings (SSSR count). The standard InChI is InChI=1S/C15H22N2O4/c1-3-12(5-7-15(18)19)8-9-16-13-10-11(2)4-6-14(13)17(20)21/h4,6,10,12,16H,3,5,7-9H2,1-2H3,(H,18,19). The Balaban J connectivity index is 2.56. The van der Waals surface area contributed by atoms with E-state index in [-0.39, 0.29) is 12.1 Å². The Bertz CT molecular complexity index is 502. The molecule has 6 nitrogen and oxygen atoms in total. The molecule has 2 N–H and O–H groups in total. The summed E-state index contributed by atoms with van der Waals surface area (Å²) in [6.07, 6.45) is 2.52. The second-order valence-corrected chi connectivity index (χ2v) is 5.20. The molecule has 0 bridgehead atoms. The van der Waals surface area contributed by atoms with Crippen molar-refractivity contribution in [2.24, 2.45) is 5.92 Å². The fraction of sp³-hybridized carbons (Fsp3) is 0.533. The molecule has 116 valence electrons. The lowest BCUT2D eigenvalue weighted by molar-refractivity contribution is -0.384. The lowest BCUT2D eigenvalue weighted by Crippen LogP contribution is -2.11. The van der Waals surface area contributed by atoms with E-state index in [4.69, 9.17) is 5.11 Å². The van der Waals surface area contributed by atoms with Crippen molar-refractivity contribution in [1.82, 2.24) is 0 Å². The van der Waals surface area contributed by atoms with E-state index in [0.717, 1.165) is 18.4 Å². The minimum absolute atomic E-state index is 0.0687. The Hall–Kier alpha value is -2.11. The number of aliphatic carboxylic acids is 1. The molecule has 1 aromatic rings. The summed E-state index contributed by atoms with van der Waals surface area (Å²) in [5, 5.41) is 22.8. The Morgan fingerprint density at radius 1 is 1.43 bits per heavy atom. The van der Waals surface area contributed by atoms with Gasteiger partial charge in [-0.3, -0.25) is 14.9 Å². The molecular formula is C15H22N2O4. The third-order valence-electron chi connectivity index (χ3n) is 3.56. The van der Waals surface area contributed by atoms with Crippen LogP contribution in [-0.2, 0) is 4.79 Å². The summed E-state index contributed by atoms with van der Waals surface area (Å²) in [6.45, 7) is 4.51. The fourth-order valence-corrected chi connectivity index (χ4v) is 2.24. The first-order valence-corrected chi connectivity index (χ1v) is 7.14. The maximum absolute atomic E-state index is 11.0. The van der Waals surface area contributed by atoms with Gasteiger partial charge in [-0.05, 0) is 37.3 Å². The molecule has 6 heteroatoms. The summed E-state index contributed by atoms with van der Waals surface area (Å²) in [5.74, 6) is -0.465. The number of anilines is 1. The fourth-order valence-electron chi connectivity index (χ4n) is 2.24. The van der Waals surface area contributed by atoms with Gasteiger partial charge < -0.3 is 10.4 Å². The highest BCUT2D eigenvalue weighted by Gasteiger charge is 2.14. The van der Waals surface area contributed by atoms with E-state index in [1.807, 2.05) is 13.8 Å². The first-order valence-electron chi connectivity index (χ1n) is 7.14. The average Bonchev–Trinajstić information content (AvgIpc) is 2.42. The number of benzene rings is 1. The van der Waals surface area contributed by atoms with Crippen molar-refractivity contribution in [2.45, 2.75) is 39.5 Å². The van der Waals surface area contributed by atoms with Crippen LogP contribution in [0.25, 0.3) is 0 Å². The van der Waals surface area contributed by atoms with Crippen LogP contribution in [0, 0.1) is 23.0 Å². The molecule has 0 heterocycles. The van der Waals surface area contributed by atoms with Gasteiger partial charge in [0.15, 0.2) is 0 Å². The molecule has 0 aliphatic heterocycles. The summed E-state index contributed by atoms with van der Waals surface area (Å²) in [5.41, 5.74) is 1.55. The smallest absolute Gasteiger partial charge is 0.303 e. The molecule has 0 amide bonds. The average molecular weight is 294 g/mol.